The van der Waals surface area contributed by atoms with Gasteiger partial charge in [-0.05, 0) is 68.5 Å². The molecule has 0 radical (unpaired) electrons. The molecule has 1 aromatic carbocycles. The number of primary amides is 1. The number of nitrogens with one attached hydrogen (secondary N) is 1. The second kappa shape index (κ2) is 11.9. The van der Waals surface area contributed by atoms with Gasteiger partial charge in [-0.25, -0.2) is 9.97 Å². The zero-order valence-electron chi connectivity index (χ0n) is 23.2. The standard InChI is InChI=1S/C29H36N6O4S/c1-17-6-8-23(19-7-9-24-22(12-19)33-28(40-24)18(2)16-34-10-4-5-11-34)35(15-17)29(38)26(37)32-20-13-21(25(30)36)27(39-3)31-14-20/h7,9,12-14,17-18,23H,4-6,8,10-11,15-16H2,1-3H3,(H2,30,36)(H,32,37)/t17-,18?,23+/m0/s1. The van der Waals surface area contributed by atoms with Crippen molar-refractivity contribution in [2.24, 2.45) is 11.7 Å². The summed E-state index contributed by atoms with van der Waals surface area (Å²) in [5, 5.41) is 3.71. The van der Waals surface area contributed by atoms with E-state index in [9.17, 15) is 14.4 Å². The molecule has 3 atom stereocenters. The third kappa shape index (κ3) is 5.95. The highest BCUT2D eigenvalue weighted by Gasteiger charge is 2.34. The Labute approximate surface area is 237 Å². The van der Waals surface area contributed by atoms with E-state index in [1.54, 1.807) is 16.2 Å². The zero-order chi connectivity index (χ0) is 28.4. The van der Waals surface area contributed by atoms with Gasteiger partial charge in [0.15, 0.2) is 0 Å². The van der Waals surface area contributed by atoms with E-state index >= 15 is 0 Å². The number of nitrogens with two attached hydrogens (primary N) is 1. The number of piperidine rings is 1. The summed E-state index contributed by atoms with van der Waals surface area (Å²) in [4.78, 5) is 51.4. The summed E-state index contributed by atoms with van der Waals surface area (Å²) >= 11 is 1.73. The molecule has 0 saturated carbocycles. The summed E-state index contributed by atoms with van der Waals surface area (Å²) in [6, 6.07) is 7.34. The second-order valence-corrected chi connectivity index (χ2v) is 12.0. The monoisotopic (exact) mass is 564 g/mol. The summed E-state index contributed by atoms with van der Waals surface area (Å²) in [7, 11) is 1.37. The minimum Gasteiger partial charge on any atom is -0.480 e. The number of aromatic nitrogens is 2. The van der Waals surface area contributed by atoms with Gasteiger partial charge in [-0.2, -0.15) is 0 Å². The van der Waals surface area contributed by atoms with Crippen LogP contribution in [0.2, 0.25) is 0 Å². The maximum absolute atomic E-state index is 13.5. The van der Waals surface area contributed by atoms with E-state index in [0.717, 1.165) is 53.3 Å². The van der Waals surface area contributed by atoms with Gasteiger partial charge in [0.1, 0.15) is 5.56 Å². The summed E-state index contributed by atoms with van der Waals surface area (Å²) in [5.74, 6) is -1.51. The fourth-order valence-electron chi connectivity index (χ4n) is 5.71. The number of hydrogen-bond donors (Lipinski definition) is 2. The Kier molecular flexibility index (Phi) is 8.32. The number of methoxy groups -OCH3 is 1. The number of anilines is 1. The van der Waals surface area contributed by atoms with E-state index in [1.165, 1.54) is 32.2 Å². The molecule has 3 aromatic rings. The van der Waals surface area contributed by atoms with Gasteiger partial charge in [0.05, 0.1) is 40.3 Å². The number of hydrogen-bond acceptors (Lipinski definition) is 8. The molecule has 40 heavy (non-hydrogen) atoms. The van der Waals surface area contributed by atoms with Crippen molar-refractivity contribution in [1.29, 1.82) is 0 Å². The van der Waals surface area contributed by atoms with Crippen LogP contribution in [0, 0.1) is 5.92 Å². The first kappa shape index (κ1) is 28.0. The molecule has 10 nitrogen and oxygen atoms in total. The van der Waals surface area contributed by atoms with Gasteiger partial charge in [0.25, 0.3) is 5.91 Å². The van der Waals surface area contributed by atoms with Crippen LogP contribution >= 0.6 is 11.3 Å². The van der Waals surface area contributed by atoms with Crippen molar-refractivity contribution in [3.8, 4) is 5.88 Å². The predicted octanol–water partition coefficient (Wildman–Crippen LogP) is 3.94. The van der Waals surface area contributed by atoms with Gasteiger partial charge in [-0.15, -0.1) is 11.3 Å². The number of amides is 3. The summed E-state index contributed by atoms with van der Waals surface area (Å²) in [6.07, 6.45) is 5.58. The van der Waals surface area contributed by atoms with Gasteiger partial charge in [-0.1, -0.05) is 19.9 Å². The summed E-state index contributed by atoms with van der Waals surface area (Å²) in [5.41, 5.74) is 7.52. The normalized spacial score (nSPS) is 20.4. The van der Waals surface area contributed by atoms with E-state index in [0.29, 0.717) is 12.5 Å². The largest absolute Gasteiger partial charge is 0.480 e. The lowest BCUT2D eigenvalue weighted by Gasteiger charge is -2.38. The van der Waals surface area contributed by atoms with Gasteiger partial charge in [-0.3, -0.25) is 14.4 Å². The molecule has 5 rings (SSSR count). The van der Waals surface area contributed by atoms with Crippen LogP contribution in [0.1, 0.15) is 72.4 Å². The average Bonchev–Trinajstić information content (AvgIpc) is 3.62. The van der Waals surface area contributed by atoms with Gasteiger partial charge < -0.3 is 25.6 Å². The van der Waals surface area contributed by atoms with Gasteiger partial charge in [0, 0.05) is 19.0 Å². The molecule has 0 spiro atoms. The van der Waals surface area contributed by atoms with Gasteiger partial charge in [0.2, 0.25) is 5.88 Å². The Morgan fingerprint density at radius 3 is 2.70 bits per heavy atom. The molecule has 11 heteroatoms. The van der Waals surface area contributed by atoms with Crippen molar-refractivity contribution in [2.75, 3.05) is 38.6 Å². The number of carbonyl (C=O) groups excluding carboxylic acids is 3. The van der Waals surface area contributed by atoms with Crippen molar-refractivity contribution < 1.29 is 19.1 Å². The van der Waals surface area contributed by atoms with E-state index < -0.39 is 17.7 Å². The molecule has 3 N–H and O–H groups in total. The number of fused-ring (bicyclic) bond motifs is 1. The molecule has 2 fully saturated rings. The van der Waals surface area contributed by atoms with Gasteiger partial charge >= 0.3 is 11.8 Å². The minimum atomic E-state index is -0.797. The van der Waals surface area contributed by atoms with E-state index in [-0.39, 0.29) is 29.1 Å². The Balaban J connectivity index is 1.34. The lowest BCUT2D eigenvalue weighted by Crippen LogP contribution is -2.46. The number of carbonyl (C=O) groups is 3. The third-order valence-electron chi connectivity index (χ3n) is 7.81. The lowest BCUT2D eigenvalue weighted by atomic mass is 9.89. The molecule has 2 saturated heterocycles. The quantitative estimate of drug-likeness (QED) is 0.416. The molecule has 3 amide bonds. The fourth-order valence-corrected chi connectivity index (χ4v) is 6.70. The van der Waals surface area contributed by atoms with E-state index in [1.807, 2.05) is 0 Å². The smallest absolute Gasteiger partial charge is 0.313 e. The van der Waals surface area contributed by atoms with Crippen LogP contribution in [0.5, 0.6) is 5.88 Å². The zero-order valence-corrected chi connectivity index (χ0v) is 24.0. The molecule has 0 aliphatic carbocycles. The first-order chi connectivity index (χ1) is 19.2. The maximum atomic E-state index is 13.5. The number of nitrogens with zero attached hydrogens (tertiary/aromatic N) is 4. The fraction of sp³-hybridized carbons (Fsp3) is 0.483. The number of thiazole rings is 1. The molecular weight excluding hydrogens is 528 g/mol. The Morgan fingerprint density at radius 1 is 1.20 bits per heavy atom. The topological polar surface area (TPSA) is 131 Å². The number of rotatable bonds is 7. The van der Waals surface area contributed by atoms with Crippen molar-refractivity contribution in [1.82, 2.24) is 19.8 Å². The first-order valence-corrected chi connectivity index (χ1v) is 14.6. The van der Waals surface area contributed by atoms with Crippen molar-refractivity contribution >= 4 is 45.0 Å². The SMILES string of the molecule is COc1ncc(NC(=O)C(=O)N2C[C@@H](C)CC[C@@H]2c2ccc3sc(C(C)CN4CCCC4)nc3c2)cc1C(N)=O. The predicted molar refractivity (Wildman–Crippen MR) is 154 cm³/mol. The summed E-state index contributed by atoms with van der Waals surface area (Å²) in [6.45, 7) is 8.14. The highest BCUT2D eigenvalue weighted by molar-refractivity contribution is 7.18. The molecule has 1 unspecified atom stereocenters. The van der Waals surface area contributed by atoms with Crippen molar-refractivity contribution in [3.05, 3.63) is 46.6 Å². The summed E-state index contributed by atoms with van der Waals surface area (Å²) < 4.78 is 6.18. The number of pyridine rings is 1. The third-order valence-corrected chi connectivity index (χ3v) is 9.07. The molecule has 2 aromatic heterocycles. The van der Waals surface area contributed by atoms with E-state index in [4.69, 9.17) is 15.5 Å². The number of benzene rings is 1. The van der Waals surface area contributed by atoms with Crippen LogP contribution in [0.15, 0.2) is 30.5 Å². The Morgan fingerprint density at radius 2 is 1.98 bits per heavy atom. The molecule has 2 aliphatic heterocycles. The van der Waals surface area contributed by atoms with Crippen LogP contribution in [0.4, 0.5) is 5.69 Å². The Hall–Kier alpha value is -3.57. The first-order valence-electron chi connectivity index (χ1n) is 13.8. The van der Waals surface area contributed by atoms with E-state index in [2.05, 4.69) is 47.2 Å². The maximum Gasteiger partial charge on any atom is 0.313 e. The van der Waals surface area contributed by atoms with Crippen LogP contribution in [0.25, 0.3) is 10.2 Å². The molecule has 0 bridgehead atoms. The lowest BCUT2D eigenvalue weighted by molar-refractivity contribution is -0.146. The van der Waals surface area contributed by atoms with Crippen molar-refractivity contribution in [2.45, 2.75) is 51.5 Å². The number of ether oxygens (including phenoxy) is 1. The molecule has 4 heterocycles. The van der Waals surface area contributed by atoms with Crippen LogP contribution < -0.4 is 15.8 Å². The van der Waals surface area contributed by atoms with Crippen LogP contribution in [0.3, 0.4) is 0 Å². The molecule has 212 valence electrons. The minimum absolute atomic E-state index is 0.0166. The molecular formula is C29H36N6O4S. The average molecular weight is 565 g/mol. The highest BCUT2D eigenvalue weighted by atomic mass is 32.1. The van der Waals surface area contributed by atoms with Crippen LogP contribution in [-0.2, 0) is 9.59 Å². The molecule has 2 aliphatic rings. The Bertz CT molecular complexity index is 1420. The number of likely N-dealkylation sites (tertiary alicyclic amines) is 2. The highest BCUT2D eigenvalue weighted by Crippen LogP contribution is 2.36. The van der Waals surface area contributed by atoms with Crippen LogP contribution in [-0.4, -0.2) is 70.8 Å². The van der Waals surface area contributed by atoms with Crippen molar-refractivity contribution in [3.63, 3.8) is 0 Å². The second-order valence-electron chi connectivity index (χ2n) is 10.9.